The lowest BCUT2D eigenvalue weighted by Gasteiger charge is -2.36. The zero-order chi connectivity index (χ0) is 22.4. The lowest BCUT2D eigenvalue weighted by molar-refractivity contribution is -0.133. The minimum absolute atomic E-state index is 0.114. The largest absolute Gasteiger partial charge is 0.483 e. The van der Waals surface area contributed by atoms with Crippen LogP contribution in [0.3, 0.4) is 0 Å². The van der Waals surface area contributed by atoms with Gasteiger partial charge in [0.1, 0.15) is 11.6 Å². The number of carbonyl (C=O) groups excluding carboxylic acids is 1. The summed E-state index contributed by atoms with van der Waals surface area (Å²) in [4.78, 5) is 16.6. The Morgan fingerprint density at radius 2 is 1.77 bits per heavy atom. The quantitative estimate of drug-likeness (QED) is 0.670. The molecule has 9 heteroatoms. The molecule has 1 aliphatic heterocycles. The van der Waals surface area contributed by atoms with Crippen molar-refractivity contribution < 1.29 is 22.3 Å². The molecule has 1 amide bonds. The number of hydrogen-bond acceptors (Lipinski definition) is 5. The fourth-order valence-electron chi connectivity index (χ4n) is 3.37. The molecule has 7 nitrogen and oxygen atoms in total. The normalized spacial score (nSPS) is 14.5. The summed E-state index contributed by atoms with van der Waals surface area (Å²) in [7, 11) is -3.55. The van der Waals surface area contributed by atoms with E-state index in [9.17, 15) is 17.6 Å². The maximum absolute atomic E-state index is 13.1. The first-order valence-corrected chi connectivity index (χ1v) is 11.8. The van der Waals surface area contributed by atoms with Crippen LogP contribution in [0.2, 0.25) is 0 Å². The highest BCUT2D eigenvalue weighted by molar-refractivity contribution is 7.89. The minimum atomic E-state index is -3.55. The second-order valence-electron chi connectivity index (χ2n) is 7.46. The Labute approximate surface area is 182 Å². The molecule has 1 heterocycles. The highest BCUT2D eigenvalue weighted by atomic mass is 32.2. The summed E-state index contributed by atoms with van der Waals surface area (Å²) < 4.78 is 45.8. The fraction of sp³-hybridized carbons (Fsp3) is 0.409. The highest BCUT2D eigenvalue weighted by Gasteiger charge is 2.22. The average Bonchev–Trinajstić information content (AvgIpc) is 2.77. The number of benzene rings is 2. The van der Waals surface area contributed by atoms with E-state index in [1.807, 2.05) is 6.92 Å². The van der Waals surface area contributed by atoms with E-state index in [-0.39, 0.29) is 23.2 Å². The van der Waals surface area contributed by atoms with Gasteiger partial charge in [0.2, 0.25) is 10.0 Å². The number of rotatable bonds is 8. The summed E-state index contributed by atoms with van der Waals surface area (Å²) in [5, 5.41) is 0. The fourth-order valence-corrected chi connectivity index (χ4v) is 4.59. The Balaban J connectivity index is 1.52. The summed E-state index contributed by atoms with van der Waals surface area (Å²) in [5.41, 5.74) is 1.58. The van der Waals surface area contributed by atoms with Crippen molar-refractivity contribution >= 4 is 21.6 Å². The number of nitrogens with zero attached hydrogens (tertiary/aromatic N) is 2. The van der Waals surface area contributed by atoms with Gasteiger partial charge in [0.25, 0.3) is 5.91 Å². The molecule has 0 saturated carbocycles. The SMILES string of the molecule is CCCNS(=O)(=O)c1ccc(OCC(=O)N2CCN(c3ccc(F)cc3)CC2)c(C)c1. The van der Waals surface area contributed by atoms with Crippen LogP contribution < -0.4 is 14.4 Å². The van der Waals surface area contributed by atoms with E-state index < -0.39 is 10.0 Å². The number of nitrogens with one attached hydrogen (secondary N) is 1. The zero-order valence-corrected chi connectivity index (χ0v) is 18.6. The van der Waals surface area contributed by atoms with Gasteiger partial charge in [-0.2, -0.15) is 0 Å². The third kappa shape index (κ3) is 5.95. The number of halogens is 1. The van der Waals surface area contributed by atoms with Crippen LogP contribution in [0.25, 0.3) is 0 Å². The number of carbonyl (C=O) groups is 1. The predicted molar refractivity (Wildman–Crippen MR) is 117 cm³/mol. The number of hydrogen-bond donors (Lipinski definition) is 1. The second kappa shape index (κ2) is 10.1. The molecule has 0 spiro atoms. The minimum Gasteiger partial charge on any atom is -0.483 e. The molecule has 1 aliphatic rings. The number of anilines is 1. The van der Waals surface area contributed by atoms with Gasteiger partial charge in [0, 0.05) is 38.4 Å². The summed E-state index contributed by atoms with van der Waals surface area (Å²) in [5.74, 6) is 0.0834. The molecule has 3 rings (SSSR count). The third-order valence-corrected chi connectivity index (χ3v) is 6.63. The lowest BCUT2D eigenvalue weighted by Crippen LogP contribution is -2.50. The van der Waals surface area contributed by atoms with Gasteiger partial charge in [-0.1, -0.05) is 6.92 Å². The molecule has 0 aliphatic carbocycles. The van der Waals surface area contributed by atoms with Gasteiger partial charge in [-0.25, -0.2) is 17.5 Å². The molecular formula is C22H28FN3O4S. The maximum atomic E-state index is 13.1. The number of amides is 1. The smallest absolute Gasteiger partial charge is 0.260 e. The van der Waals surface area contributed by atoms with Crippen LogP contribution in [-0.4, -0.2) is 58.6 Å². The molecule has 2 aromatic rings. The molecule has 31 heavy (non-hydrogen) atoms. The van der Waals surface area contributed by atoms with E-state index in [0.717, 1.165) is 5.69 Å². The van der Waals surface area contributed by atoms with Crippen molar-refractivity contribution in [2.75, 3.05) is 44.2 Å². The van der Waals surface area contributed by atoms with Crippen LogP contribution in [0.4, 0.5) is 10.1 Å². The molecular weight excluding hydrogens is 421 g/mol. The van der Waals surface area contributed by atoms with E-state index in [4.69, 9.17) is 4.74 Å². The summed E-state index contributed by atoms with van der Waals surface area (Å²) >= 11 is 0. The van der Waals surface area contributed by atoms with Gasteiger partial charge in [-0.3, -0.25) is 4.79 Å². The number of aryl methyl sites for hydroxylation is 1. The zero-order valence-electron chi connectivity index (χ0n) is 17.8. The van der Waals surface area contributed by atoms with Gasteiger partial charge < -0.3 is 14.5 Å². The molecule has 1 saturated heterocycles. The maximum Gasteiger partial charge on any atom is 0.260 e. The molecule has 1 fully saturated rings. The van der Waals surface area contributed by atoms with Crippen LogP contribution in [0.15, 0.2) is 47.4 Å². The highest BCUT2D eigenvalue weighted by Crippen LogP contribution is 2.22. The topological polar surface area (TPSA) is 78.9 Å². The van der Waals surface area contributed by atoms with Crippen LogP contribution in [0.5, 0.6) is 5.75 Å². The van der Waals surface area contributed by atoms with Gasteiger partial charge in [-0.05, 0) is 61.4 Å². The summed E-state index contributed by atoms with van der Waals surface area (Å²) in [6.07, 6.45) is 0.708. The average molecular weight is 450 g/mol. The molecule has 168 valence electrons. The van der Waals surface area contributed by atoms with Gasteiger partial charge >= 0.3 is 0 Å². The van der Waals surface area contributed by atoms with Crippen molar-refractivity contribution in [2.24, 2.45) is 0 Å². The molecule has 0 unspecified atom stereocenters. The Morgan fingerprint density at radius 1 is 1.10 bits per heavy atom. The van der Waals surface area contributed by atoms with Gasteiger partial charge in [0.05, 0.1) is 4.90 Å². The molecule has 0 bridgehead atoms. The van der Waals surface area contributed by atoms with Crippen molar-refractivity contribution in [3.63, 3.8) is 0 Å². The summed E-state index contributed by atoms with van der Waals surface area (Å²) in [6, 6.07) is 10.9. The standard InChI is InChI=1S/C22H28FN3O4S/c1-3-10-24-31(28,29)20-8-9-21(17(2)15-20)30-16-22(27)26-13-11-25(12-14-26)19-6-4-18(23)5-7-19/h4-9,15,24H,3,10-14,16H2,1-2H3. The number of sulfonamides is 1. The Bertz CT molecular complexity index is 1000. The third-order valence-electron chi connectivity index (χ3n) is 5.17. The van der Waals surface area contributed by atoms with Crippen molar-refractivity contribution in [3.8, 4) is 5.75 Å². The first-order chi connectivity index (χ1) is 14.8. The number of ether oxygens (including phenoxy) is 1. The van der Waals surface area contributed by atoms with E-state index in [2.05, 4.69) is 9.62 Å². The van der Waals surface area contributed by atoms with Crippen molar-refractivity contribution in [2.45, 2.75) is 25.2 Å². The van der Waals surface area contributed by atoms with E-state index in [0.29, 0.717) is 50.5 Å². The van der Waals surface area contributed by atoms with Crippen LogP contribution in [-0.2, 0) is 14.8 Å². The molecule has 1 N–H and O–H groups in total. The van der Waals surface area contributed by atoms with Crippen molar-refractivity contribution in [1.82, 2.24) is 9.62 Å². The first kappa shape index (κ1) is 23.0. The molecule has 0 atom stereocenters. The van der Waals surface area contributed by atoms with Gasteiger partial charge in [-0.15, -0.1) is 0 Å². The second-order valence-corrected chi connectivity index (χ2v) is 9.22. The Kier molecular flexibility index (Phi) is 7.50. The van der Waals surface area contributed by atoms with Gasteiger partial charge in [0.15, 0.2) is 6.61 Å². The monoisotopic (exact) mass is 449 g/mol. The Hall–Kier alpha value is -2.65. The van der Waals surface area contributed by atoms with Crippen molar-refractivity contribution in [3.05, 3.63) is 53.8 Å². The van der Waals surface area contributed by atoms with Crippen molar-refractivity contribution in [1.29, 1.82) is 0 Å². The number of piperazine rings is 1. The predicted octanol–water partition coefficient (Wildman–Crippen LogP) is 2.55. The molecule has 0 aromatic heterocycles. The van der Waals surface area contributed by atoms with E-state index >= 15 is 0 Å². The Morgan fingerprint density at radius 3 is 2.39 bits per heavy atom. The van der Waals surface area contributed by atoms with E-state index in [1.165, 1.54) is 18.2 Å². The van der Waals surface area contributed by atoms with Crippen LogP contribution in [0, 0.1) is 12.7 Å². The van der Waals surface area contributed by atoms with E-state index in [1.54, 1.807) is 36.1 Å². The lowest BCUT2D eigenvalue weighted by atomic mass is 10.2. The summed E-state index contributed by atoms with van der Waals surface area (Å²) in [6.45, 7) is 6.34. The molecule has 0 radical (unpaired) electrons. The van der Waals surface area contributed by atoms with Crippen LogP contribution in [0.1, 0.15) is 18.9 Å². The molecule has 2 aromatic carbocycles. The van der Waals surface area contributed by atoms with Crippen LogP contribution >= 0.6 is 0 Å². The first-order valence-electron chi connectivity index (χ1n) is 10.3.